The van der Waals surface area contributed by atoms with E-state index in [2.05, 4.69) is 34.1 Å². The van der Waals surface area contributed by atoms with Gasteiger partial charge in [0.25, 0.3) is 0 Å². The number of hydrazine groups is 1. The first kappa shape index (κ1) is 19.3. The first-order valence-corrected chi connectivity index (χ1v) is 9.91. The zero-order chi connectivity index (χ0) is 20.5. The van der Waals surface area contributed by atoms with Gasteiger partial charge in [-0.25, -0.2) is 5.84 Å². The molecule has 148 valence electrons. The number of nitrogens with zero attached hydrogens (tertiary/aromatic N) is 3. The average Bonchev–Trinajstić information content (AvgIpc) is 2.85. The van der Waals surface area contributed by atoms with Gasteiger partial charge in [-0.15, -0.1) is 0 Å². The molecule has 2 aromatic carbocycles. The largest absolute Gasteiger partial charge is 0.401 e. The number of pyridine rings is 1. The third kappa shape index (κ3) is 3.79. The fourth-order valence-corrected chi connectivity index (χ4v) is 3.82. The predicted molar refractivity (Wildman–Crippen MR) is 121 cm³/mol. The summed E-state index contributed by atoms with van der Waals surface area (Å²) in [5.74, 6) is 6.36. The predicted octanol–water partition coefficient (Wildman–Crippen LogP) is 4.69. The van der Waals surface area contributed by atoms with Crippen LogP contribution in [0.5, 0.6) is 0 Å². The Balaban J connectivity index is 1.91. The van der Waals surface area contributed by atoms with Crippen molar-refractivity contribution in [2.75, 3.05) is 18.0 Å². The van der Waals surface area contributed by atoms with E-state index in [1.165, 1.54) is 0 Å². The summed E-state index contributed by atoms with van der Waals surface area (Å²) in [5.41, 5.74) is 14.0. The Morgan fingerprint density at radius 3 is 2.38 bits per heavy atom. The van der Waals surface area contributed by atoms with E-state index in [1.54, 1.807) is 5.01 Å². The van der Waals surface area contributed by atoms with Crippen molar-refractivity contribution in [1.29, 1.82) is 0 Å². The van der Waals surface area contributed by atoms with Gasteiger partial charge in [0, 0.05) is 46.0 Å². The van der Waals surface area contributed by atoms with Gasteiger partial charge in [0.2, 0.25) is 0 Å². The van der Waals surface area contributed by atoms with Crippen LogP contribution in [0.25, 0.3) is 16.8 Å². The minimum absolute atomic E-state index is 0.641. The second-order valence-electron chi connectivity index (χ2n) is 7.27. The second-order valence-corrected chi connectivity index (χ2v) is 7.71. The second kappa shape index (κ2) is 7.78. The molecule has 4 rings (SSSR count). The molecule has 0 saturated heterocycles. The number of hydrogen-bond acceptors (Lipinski definition) is 5. The number of hydrogen-bond donors (Lipinski definition) is 2. The average molecular weight is 406 g/mol. The van der Waals surface area contributed by atoms with Gasteiger partial charge < -0.3 is 15.6 Å². The maximum atomic E-state index is 6.36. The van der Waals surface area contributed by atoms with Crippen molar-refractivity contribution in [1.82, 2.24) is 9.99 Å². The Kier molecular flexibility index (Phi) is 5.18. The molecule has 5 nitrogen and oxygen atoms in total. The third-order valence-electron chi connectivity index (χ3n) is 5.15. The van der Waals surface area contributed by atoms with Gasteiger partial charge in [-0.05, 0) is 55.8 Å². The monoisotopic (exact) mass is 405 g/mol. The number of allylic oxidation sites excluding steroid dienone is 1. The molecule has 1 aliphatic heterocycles. The molecule has 1 aliphatic rings. The Bertz CT molecular complexity index is 1050. The Morgan fingerprint density at radius 1 is 1.00 bits per heavy atom. The Morgan fingerprint density at radius 2 is 1.72 bits per heavy atom. The van der Waals surface area contributed by atoms with Crippen molar-refractivity contribution < 1.29 is 0 Å². The maximum absolute atomic E-state index is 6.36. The van der Waals surface area contributed by atoms with Crippen LogP contribution in [0.4, 0.5) is 11.4 Å². The number of rotatable bonds is 2. The molecule has 29 heavy (non-hydrogen) atoms. The summed E-state index contributed by atoms with van der Waals surface area (Å²) < 4.78 is 0. The smallest absolute Gasteiger partial charge is 0.0795 e. The molecule has 1 aromatic heterocycles. The summed E-state index contributed by atoms with van der Waals surface area (Å²) in [6.45, 7) is 5.23. The summed E-state index contributed by atoms with van der Waals surface area (Å²) >= 11 is 6.11. The van der Waals surface area contributed by atoms with Crippen molar-refractivity contribution >= 4 is 28.7 Å². The van der Waals surface area contributed by atoms with E-state index in [4.69, 9.17) is 23.2 Å². The number of anilines is 2. The Labute approximate surface area is 176 Å². The molecule has 6 heteroatoms. The van der Waals surface area contributed by atoms with Crippen LogP contribution in [0.15, 0.2) is 66.5 Å². The fraction of sp³-hybridized carbons (Fsp3) is 0.174. The summed E-state index contributed by atoms with van der Waals surface area (Å²) in [4.78, 5) is 6.70. The van der Waals surface area contributed by atoms with Gasteiger partial charge in [0.1, 0.15) is 0 Å². The molecule has 0 radical (unpaired) electrons. The molecular weight excluding hydrogens is 382 g/mol. The fourth-order valence-electron chi connectivity index (χ4n) is 3.70. The highest BCUT2D eigenvalue weighted by atomic mass is 35.5. The van der Waals surface area contributed by atoms with Gasteiger partial charge in [0.05, 0.1) is 17.9 Å². The highest BCUT2D eigenvalue weighted by Crippen LogP contribution is 2.39. The topological polar surface area (TPSA) is 71.4 Å². The normalized spacial score (nSPS) is 15.7. The molecule has 0 amide bonds. The van der Waals surface area contributed by atoms with Gasteiger partial charge >= 0.3 is 0 Å². The molecule has 3 aromatic rings. The molecule has 0 fully saturated rings. The van der Waals surface area contributed by atoms with E-state index >= 15 is 0 Å². The van der Waals surface area contributed by atoms with Gasteiger partial charge in [-0.1, -0.05) is 29.8 Å². The number of nitrogens with two attached hydrogens (primary N) is 2. The number of aromatic nitrogens is 1. The molecule has 0 saturated carbocycles. The molecule has 4 N–H and O–H groups in total. The lowest BCUT2D eigenvalue weighted by Gasteiger charge is -2.25. The van der Waals surface area contributed by atoms with Gasteiger partial charge in [0.15, 0.2) is 0 Å². The van der Waals surface area contributed by atoms with Crippen LogP contribution in [0, 0.1) is 6.92 Å². The van der Waals surface area contributed by atoms with Crippen LogP contribution >= 0.6 is 11.6 Å². The quantitative estimate of drug-likeness (QED) is 0.605. The molecule has 0 spiro atoms. The van der Waals surface area contributed by atoms with Crippen LogP contribution in [0.1, 0.15) is 18.2 Å². The highest BCUT2D eigenvalue weighted by Gasteiger charge is 2.25. The Hall–Kier alpha value is -3.02. The zero-order valence-corrected chi connectivity index (χ0v) is 17.3. The van der Waals surface area contributed by atoms with Crippen molar-refractivity contribution in [2.24, 2.45) is 11.6 Å². The lowest BCUT2D eigenvalue weighted by molar-refractivity contribution is 0.428. The van der Waals surface area contributed by atoms with Gasteiger partial charge in [-0.3, -0.25) is 4.98 Å². The molecule has 2 heterocycles. The summed E-state index contributed by atoms with van der Waals surface area (Å²) in [6.07, 6.45) is 1.90. The highest BCUT2D eigenvalue weighted by molar-refractivity contribution is 6.30. The van der Waals surface area contributed by atoms with Crippen molar-refractivity contribution in [2.45, 2.75) is 13.8 Å². The van der Waals surface area contributed by atoms with Crippen LogP contribution in [-0.4, -0.2) is 23.1 Å². The summed E-state index contributed by atoms with van der Waals surface area (Å²) in [5, 5.41) is 2.44. The number of fused-ring (bicyclic) bond motifs is 1. The standard InChI is InChI=1S/C23H24ClN5/c1-15-3-4-18(14-27-15)17-5-10-21-22(13-17)28(20-8-6-19(24)7-9-20)11-12-29(26)23(21)16(2)25/h3-10,13-14H,11-12,25-26H2,1-2H3/b23-16-. The lowest BCUT2D eigenvalue weighted by atomic mass is 10.00. The van der Waals surface area contributed by atoms with E-state index in [0.717, 1.165) is 46.0 Å². The molecular formula is C23H24ClN5. The van der Waals surface area contributed by atoms with Crippen molar-refractivity contribution in [3.05, 3.63) is 82.8 Å². The molecule has 0 unspecified atom stereocenters. The maximum Gasteiger partial charge on any atom is 0.0795 e. The number of benzene rings is 2. The number of aryl methyl sites for hydroxylation is 1. The summed E-state index contributed by atoms with van der Waals surface area (Å²) in [6, 6.07) is 18.3. The minimum Gasteiger partial charge on any atom is -0.401 e. The van der Waals surface area contributed by atoms with Gasteiger partial charge in [-0.2, -0.15) is 0 Å². The third-order valence-corrected chi connectivity index (χ3v) is 5.40. The van der Waals surface area contributed by atoms with Crippen LogP contribution < -0.4 is 16.5 Å². The van der Waals surface area contributed by atoms with Crippen molar-refractivity contribution in [3.8, 4) is 11.1 Å². The van der Waals surface area contributed by atoms with E-state index in [9.17, 15) is 0 Å². The first-order valence-electron chi connectivity index (χ1n) is 9.53. The zero-order valence-electron chi connectivity index (χ0n) is 16.6. The van der Waals surface area contributed by atoms with E-state index in [1.807, 2.05) is 50.4 Å². The van der Waals surface area contributed by atoms with E-state index in [0.29, 0.717) is 17.3 Å². The van der Waals surface area contributed by atoms with E-state index < -0.39 is 0 Å². The van der Waals surface area contributed by atoms with E-state index in [-0.39, 0.29) is 0 Å². The van der Waals surface area contributed by atoms with Crippen LogP contribution in [0.2, 0.25) is 5.02 Å². The molecule has 0 aliphatic carbocycles. The minimum atomic E-state index is 0.641. The molecule has 0 atom stereocenters. The van der Waals surface area contributed by atoms with Crippen molar-refractivity contribution in [3.63, 3.8) is 0 Å². The SMILES string of the molecule is C/C(N)=C1\c2ccc(-c3ccc(C)nc3)cc2N(c2ccc(Cl)cc2)CCN1N. The summed E-state index contributed by atoms with van der Waals surface area (Å²) in [7, 11) is 0. The first-order chi connectivity index (χ1) is 13.9. The molecule has 0 bridgehead atoms. The van der Waals surface area contributed by atoms with Crippen LogP contribution in [0.3, 0.4) is 0 Å². The van der Waals surface area contributed by atoms with Crippen LogP contribution in [-0.2, 0) is 0 Å². The number of halogens is 1. The lowest BCUT2D eigenvalue weighted by Crippen LogP contribution is -2.34.